The summed E-state index contributed by atoms with van der Waals surface area (Å²) >= 11 is 0. The molecule has 5 aliphatic rings. The van der Waals surface area contributed by atoms with Gasteiger partial charge in [0.25, 0.3) is 35.3 Å². The van der Waals surface area contributed by atoms with Crippen LogP contribution in [-0.2, 0) is 42.3 Å². The average molecular weight is 1610 g/mol. The van der Waals surface area contributed by atoms with E-state index < -0.39 is 169 Å². The van der Waals surface area contributed by atoms with E-state index in [9.17, 15) is 99.1 Å². The van der Waals surface area contributed by atoms with Crippen LogP contribution in [0.1, 0.15) is 162 Å². The van der Waals surface area contributed by atoms with Crippen molar-refractivity contribution in [3.8, 4) is 17.2 Å². The fourth-order valence-corrected chi connectivity index (χ4v) is 13.1. The lowest BCUT2D eigenvalue weighted by molar-refractivity contribution is 0.0236. The third kappa shape index (κ3) is 20.8. The first-order valence-electron chi connectivity index (χ1n) is 36.3. The number of halogens is 7. The van der Waals surface area contributed by atoms with Crippen molar-refractivity contribution in [3.05, 3.63) is 261 Å². The fourth-order valence-electron chi connectivity index (χ4n) is 13.1. The van der Waals surface area contributed by atoms with Gasteiger partial charge >= 0.3 is 12.1 Å². The second kappa shape index (κ2) is 37.6. The second-order valence-corrected chi connectivity index (χ2v) is 28.3. The number of pyridine rings is 2. The molecule has 13 rings (SSSR count). The number of fused-ring (bicyclic) bond motifs is 8. The molecule has 6 atom stereocenters. The number of nitrogens with zero attached hydrogens (tertiary/aromatic N) is 5. The van der Waals surface area contributed by atoms with E-state index in [1.165, 1.54) is 26.3 Å². The van der Waals surface area contributed by atoms with Gasteiger partial charge in [0.2, 0.25) is 22.0 Å². The van der Waals surface area contributed by atoms with Crippen LogP contribution in [0, 0.1) is 40.7 Å². The fraction of sp³-hybridized carbons (Fsp3) is 0.350. The van der Waals surface area contributed by atoms with Crippen LogP contribution in [0.5, 0.6) is 17.2 Å². The monoisotopic (exact) mass is 1610 g/mol. The highest BCUT2D eigenvalue weighted by Gasteiger charge is 2.43. The Morgan fingerprint density at radius 3 is 1.49 bits per heavy atom. The van der Waals surface area contributed by atoms with Crippen molar-refractivity contribution in [1.82, 2.24) is 39.8 Å². The molecular formula is C80H82F7N9O19. The van der Waals surface area contributed by atoms with E-state index in [1.807, 2.05) is 26.8 Å². The number of methoxy groups -OCH3 is 1. The molecule has 0 aliphatic carbocycles. The number of hydrogen-bond donors (Lipinski definition) is 8. The van der Waals surface area contributed by atoms with E-state index in [0.29, 0.717) is 94.4 Å². The second-order valence-electron chi connectivity index (χ2n) is 28.3. The zero-order valence-corrected chi connectivity index (χ0v) is 62.5. The lowest BCUT2D eigenvalue weighted by atomic mass is 10.0. The molecule has 35 heteroatoms. The maximum absolute atomic E-state index is 14.1. The maximum atomic E-state index is 14.1. The minimum atomic E-state index is -1.21. The summed E-state index contributed by atoms with van der Waals surface area (Å²) in [6.45, 7) is 6.29. The Labute approximate surface area is 651 Å². The van der Waals surface area contributed by atoms with Crippen LogP contribution in [0.25, 0.3) is 0 Å². The van der Waals surface area contributed by atoms with Gasteiger partial charge in [0.1, 0.15) is 82.5 Å². The first kappa shape index (κ1) is 85.2. The molecule has 8 heterocycles. The number of aliphatic hydroxyl groups is 3. The molecule has 3 fully saturated rings. The van der Waals surface area contributed by atoms with Crippen molar-refractivity contribution >= 4 is 41.6 Å². The van der Waals surface area contributed by atoms with Gasteiger partial charge in [-0.3, -0.25) is 38.4 Å². The predicted molar refractivity (Wildman–Crippen MR) is 395 cm³/mol. The highest BCUT2D eigenvalue weighted by atomic mass is 19.2. The minimum Gasteiger partial charge on any atom is -0.503 e. The third-order valence-corrected chi connectivity index (χ3v) is 19.1. The molecule has 0 spiro atoms. The van der Waals surface area contributed by atoms with E-state index >= 15 is 0 Å². The normalized spacial score (nSPS) is 18.1. The highest BCUT2D eigenvalue weighted by Crippen LogP contribution is 2.35. The van der Waals surface area contributed by atoms with Gasteiger partial charge in [0.15, 0.2) is 22.9 Å². The number of carbonyl (C=O) groups excluding carboxylic acids is 7. The average Bonchev–Trinajstić information content (AvgIpc) is 1.73. The quantitative estimate of drug-likeness (QED) is 0.0338. The number of carbonyl (C=O) groups is 7. The number of rotatable bonds is 16. The van der Waals surface area contributed by atoms with Crippen LogP contribution in [0.3, 0.4) is 0 Å². The largest absolute Gasteiger partial charge is 0.503 e. The van der Waals surface area contributed by atoms with E-state index in [4.69, 9.17) is 24.4 Å². The number of aromatic nitrogens is 2. The molecule has 6 amide bonds. The molecule has 6 unspecified atom stereocenters. The molecular weight excluding hydrogens is 1520 g/mol. The van der Waals surface area contributed by atoms with Gasteiger partial charge in [-0.2, -0.15) is 0 Å². The number of likely N-dealkylation sites (tertiary alicyclic amines) is 1. The number of hydrogen-bond acceptors (Lipinski definition) is 20. The summed E-state index contributed by atoms with van der Waals surface area (Å²) in [6.07, 6.45) is 4.05. The summed E-state index contributed by atoms with van der Waals surface area (Å²) in [5.41, 5.74) is 1.70. The number of nitrogens with one attached hydrogen (secondary N) is 3. The zero-order chi connectivity index (χ0) is 83.3. The Morgan fingerprint density at radius 2 is 0.983 bits per heavy atom. The molecule has 0 radical (unpaired) electrons. The van der Waals surface area contributed by atoms with E-state index in [-0.39, 0.29) is 85.4 Å². The summed E-state index contributed by atoms with van der Waals surface area (Å²) in [5, 5.41) is 48.2. The van der Waals surface area contributed by atoms with E-state index in [1.54, 1.807) is 64.4 Å². The Morgan fingerprint density at radius 1 is 0.539 bits per heavy atom. The van der Waals surface area contributed by atoms with Crippen LogP contribution < -0.4 is 47.4 Å². The molecule has 28 nitrogen and oxygen atoms in total. The molecule has 0 saturated carbocycles. The first-order chi connectivity index (χ1) is 54.7. The summed E-state index contributed by atoms with van der Waals surface area (Å²) < 4.78 is 124. The zero-order valence-electron chi connectivity index (χ0n) is 62.5. The molecule has 9 N–H and O–H groups in total. The van der Waals surface area contributed by atoms with E-state index in [2.05, 4.69) is 20.7 Å². The molecule has 5 aliphatic heterocycles. The minimum absolute atomic E-state index is 0.0112. The summed E-state index contributed by atoms with van der Waals surface area (Å²) in [6, 6.07) is 22.9. The Bertz CT molecular complexity index is 5120. The SMILES string of the molecule is CC(C)(C)OC(=O)N1CCCC(O)C(N)C1.COC(=O)c1occ(C(=O)NCc2c(F)cc(F)cc2F)c(=O)c1OCc1ccccc1.O=C(NCc1ccc(F)cc1F)c1cn2c(c(O)c1=O)C(=O)N1CCCC(O)C2C1.O=C(NCc1ccc(F)cc1F)c1cn2c(c(OCc3ccccc3)c1=O)C(=O)N1CCCC(O)C2C1. The van der Waals surface area contributed by atoms with Crippen molar-refractivity contribution in [2.24, 2.45) is 5.73 Å². The molecule has 5 aromatic carbocycles. The lowest BCUT2D eigenvalue weighted by Gasteiger charge is -2.36. The summed E-state index contributed by atoms with van der Waals surface area (Å²) in [7, 11) is 1.07. The van der Waals surface area contributed by atoms with Crippen molar-refractivity contribution in [2.75, 3.05) is 46.4 Å². The van der Waals surface area contributed by atoms with E-state index in [0.717, 1.165) is 43.5 Å². The number of benzene rings is 5. The Kier molecular flexibility index (Phi) is 27.9. The molecule has 115 heavy (non-hydrogen) atoms. The topological polar surface area (TPSA) is 383 Å². The summed E-state index contributed by atoms with van der Waals surface area (Å²) in [5.74, 6) is -13.7. The van der Waals surface area contributed by atoms with Gasteiger partial charge in [-0.05, 0) is 82.6 Å². The molecule has 3 saturated heterocycles. The standard InChI is InChI=1S/C27H25F2N3O5.C22H16F3NO6.C20H19F2N3O5.C11H22N2O3/c28-18-9-8-17(20(29)11-18)12-30-26(35)19-13-32-21-14-31(10-4-7-22(21)33)27(36)23(32)25(24(19)34)37-15-16-5-2-1-3-6-16;1-30-22(29)20-19(31-10-12-5-3-2-4-6-12)18(27)15(11-32-20)21(28)26-9-14-16(24)7-13(23)8-17(14)25;21-11-4-3-10(13(22)6-11)7-23-19(29)12-8-25-14-9-24(5-1-2-15(14)26)20(30)16(25)18(28)17(12)27;1-11(2,3)16-10(15)13-6-4-5-9(14)8(12)7-13/h1-3,5-6,8-9,11,13,21-22,33H,4,7,10,12,14-15H2,(H,30,35);2-8,11H,9-10H2,1H3,(H,26,28);3-4,6,8,14-15,26,28H,1-2,5,7,9H2,(H,23,29);8-9,14H,4-7,12H2,1-3H3. The van der Waals surface area contributed by atoms with Gasteiger partial charge in [0, 0.05) is 118 Å². The first-order valence-corrected chi connectivity index (χ1v) is 36.3. The van der Waals surface area contributed by atoms with Crippen LogP contribution in [0.15, 0.2) is 147 Å². The van der Waals surface area contributed by atoms with Crippen LogP contribution in [0.2, 0.25) is 0 Å². The predicted octanol–water partition coefficient (Wildman–Crippen LogP) is 7.76. The molecule has 3 aromatic heterocycles. The number of aromatic hydroxyl groups is 1. The van der Waals surface area contributed by atoms with Crippen LogP contribution in [0.4, 0.5) is 35.5 Å². The maximum Gasteiger partial charge on any atom is 0.410 e. The smallest absolute Gasteiger partial charge is 0.410 e. The van der Waals surface area contributed by atoms with Gasteiger partial charge in [0.05, 0.1) is 37.5 Å². The number of amides is 6. The van der Waals surface area contributed by atoms with Crippen LogP contribution in [-0.4, -0.2) is 162 Å². The third-order valence-electron chi connectivity index (χ3n) is 19.1. The molecule has 8 aromatic rings. The van der Waals surface area contributed by atoms with Crippen molar-refractivity contribution < 1.29 is 108 Å². The van der Waals surface area contributed by atoms with Gasteiger partial charge in [-0.1, -0.05) is 72.8 Å². The Hall–Kier alpha value is -12.2. The number of nitrogens with two attached hydrogens (primary N) is 1. The van der Waals surface area contributed by atoms with Gasteiger partial charge in [-0.25, -0.2) is 40.3 Å². The summed E-state index contributed by atoms with van der Waals surface area (Å²) in [4.78, 5) is 131. The van der Waals surface area contributed by atoms with Gasteiger partial charge < -0.3 is 89.3 Å². The van der Waals surface area contributed by atoms with Crippen molar-refractivity contribution in [3.63, 3.8) is 0 Å². The highest BCUT2D eigenvalue weighted by molar-refractivity contribution is 6.01. The van der Waals surface area contributed by atoms with Crippen LogP contribution >= 0.6 is 0 Å². The number of esters is 1. The Balaban J connectivity index is 0.000000167. The van der Waals surface area contributed by atoms with Gasteiger partial charge in [-0.15, -0.1) is 0 Å². The lowest BCUT2D eigenvalue weighted by Crippen LogP contribution is -2.47. The number of aliphatic hydroxyl groups excluding tert-OH is 3. The molecule has 4 bridgehead atoms. The van der Waals surface area contributed by atoms with Crippen molar-refractivity contribution in [2.45, 2.75) is 134 Å². The number of ether oxygens (including phenoxy) is 4. The molecule has 610 valence electrons. The van der Waals surface area contributed by atoms with Crippen molar-refractivity contribution in [1.29, 1.82) is 0 Å².